The van der Waals surface area contributed by atoms with Crippen LogP contribution in [0.5, 0.6) is 0 Å². The third-order valence-electron chi connectivity index (χ3n) is 9.11. The second kappa shape index (κ2) is 10.0. The number of amides is 2. The van der Waals surface area contributed by atoms with Crippen molar-refractivity contribution in [1.29, 1.82) is 0 Å². The Bertz CT molecular complexity index is 1140. The zero-order valence-electron chi connectivity index (χ0n) is 21.3. The number of halogens is 1. The lowest BCUT2D eigenvalue weighted by Gasteiger charge is -2.56. The van der Waals surface area contributed by atoms with Crippen LogP contribution in [-0.2, 0) is 9.59 Å². The smallest absolute Gasteiger partial charge is 0.249 e. The first kappa shape index (κ1) is 24.8. The van der Waals surface area contributed by atoms with Crippen LogP contribution in [0.4, 0.5) is 0 Å². The SMILES string of the molecule is C=CCN(CC(=O)N1CCCCC1c1nc(-c2ccc(Br)cc2)no1)C(=O)C12CC3CC(CC(C3)C1)C2. The molecule has 0 radical (unpaired) electrons. The summed E-state index contributed by atoms with van der Waals surface area (Å²) in [6.07, 6.45) is 11.3. The minimum atomic E-state index is -0.272. The summed E-state index contributed by atoms with van der Waals surface area (Å²) in [5.41, 5.74) is 0.594. The largest absolute Gasteiger partial charge is 0.337 e. The van der Waals surface area contributed by atoms with Crippen molar-refractivity contribution in [1.82, 2.24) is 19.9 Å². The van der Waals surface area contributed by atoms with Crippen LogP contribution < -0.4 is 0 Å². The highest BCUT2D eigenvalue weighted by molar-refractivity contribution is 9.10. The Kier molecular flexibility index (Phi) is 6.72. The van der Waals surface area contributed by atoms with Gasteiger partial charge in [0.1, 0.15) is 12.6 Å². The molecule has 1 saturated heterocycles. The van der Waals surface area contributed by atoms with Crippen molar-refractivity contribution in [2.24, 2.45) is 23.2 Å². The number of piperidine rings is 1. The first-order chi connectivity index (χ1) is 17.9. The third-order valence-corrected chi connectivity index (χ3v) is 9.64. The monoisotopic (exact) mass is 566 g/mol. The summed E-state index contributed by atoms with van der Waals surface area (Å²) in [6, 6.07) is 7.49. The highest BCUT2D eigenvalue weighted by Gasteiger charge is 2.55. The van der Waals surface area contributed by atoms with Crippen molar-refractivity contribution >= 4 is 27.7 Å². The molecule has 1 atom stereocenters. The predicted molar refractivity (Wildman–Crippen MR) is 143 cm³/mol. The number of hydrogen-bond acceptors (Lipinski definition) is 5. The van der Waals surface area contributed by atoms with Crippen molar-refractivity contribution in [2.45, 2.75) is 63.8 Å². The maximum Gasteiger partial charge on any atom is 0.249 e. The number of benzene rings is 1. The van der Waals surface area contributed by atoms with Gasteiger partial charge in [-0.1, -0.05) is 27.2 Å². The number of rotatable bonds is 7. The molecule has 1 aliphatic heterocycles. The van der Waals surface area contributed by atoms with Crippen LogP contribution in [0.2, 0.25) is 0 Å². The molecule has 2 aromatic rings. The molecule has 0 spiro atoms. The van der Waals surface area contributed by atoms with E-state index in [-0.39, 0.29) is 29.8 Å². The van der Waals surface area contributed by atoms with Crippen LogP contribution in [0.15, 0.2) is 45.9 Å². The molecular formula is C29H35BrN4O3. The van der Waals surface area contributed by atoms with Gasteiger partial charge in [0.15, 0.2) is 0 Å². The maximum atomic E-state index is 14.0. The van der Waals surface area contributed by atoms with E-state index in [2.05, 4.69) is 32.6 Å². The van der Waals surface area contributed by atoms with Gasteiger partial charge in [-0.05, 0) is 99.8 Å². The van der Waals surface area contributed by atoms with Crippen LogP contribution in [0.25, 0.3) is 11.4 Å². The van der Waals surface area contributed by atoms with Crippen LogP contribution in [-0.4, -0.2) is 51.4 Å². The highest BCUT2D eigenvalue weighted by Crippen LogP contribution is 2.60. The number of likely N-dealkylation sites (tertiary alicyclic amines) is 1. The highest BCUT2D eigenvalue weighted by atomic mass is 79.9. The fourth-order valence-electron chi connectivity index (χ4n) is 7.91. The lowest BCUT2D eigenvalue weighted by Crippen LogP contribution is -2.56. The second-order valence-corrected chi connectivity index (χ2v) is 12.6. The molecule has 8 heteroatoms. The van der Waals surface area contributed by atoms with E-state index in [1.165, 1.54) is 19.3 Å². The van der Waals surface area contributed by atoms with Gasteiger partial charge in [0, 0.05) is 23.1 Å². The quantitative estimate of drug-likeness (QED) is 0.396. The molecule has 4 bridgehead atoms. The molecular weight excluding hydrogens is 532 g/mol. The summed E-state index contributed by atoms with van der Waals surface area (Å²) < 4.78 is 6.65. The summed E-state index contributed by atoms with van der Waals surface area (Å²) in [5, 5.41) is 4.19. The molecule has 2 heterocycles. The van der Waals surface area contributed by atoms with Gasteiger partial charge in [-0.25, -0.2) is 0 Å². The van der Waals surface area contributed by atoms with E-state index in [4.69, 9.17) is 4.52 Å². The van der Waals surface area contributed by atoms with E-state index in [1.807, 2.05) is 29.2 Å². The summed E-state index contributed by atoms with van der Waals surface area (Å²) in [5.74, 6) is 3.15. The molecule has 0 N–H and O–H groups in total. The minimum Gasteiger partial charge on any atom is -0.337 e. The average Bonchev–Trinajstić information content (AvgIpc) is 3.38. The van der Waals surface area contributed by atoms with Crippen LogP contribution >= 0.6 is 15.9 Å². The molecule has 4 aliphatic carbocycles. The topological polar surface area (TPSA) is 79.5 Å². The molecule has 5 fully saturated rings. The van der Waals surface area contributed by atoms with Gasteiger partial charge in [0.05, 0.1) is 5.41 Å². The summed E-state index contributed by atoms with van der Waals surface area (Å²) in [7, 11) is 0. The van der Waals surface area contributed by atoms with Gasteiger partial charge < -0.3 is 14.3 Å². The molecule has 2 amide bonds. The van der Waals surface area contributed by atoms with Crippen LogP contribution in [0.1, 0.15) is 69.7 Å². The van der Waals surface area contributed by atoms with E-state index in [0.29, 0.717) is 42.6 Å². The van der Waals surface area contributed by atoms with E-state index < -0.39 is 0 Å². The van der Waals surface area contributed by atoms with Crippen molar-refractivity contribution in [3.8, 4) is 11.4 Å². The first-order valence-electron chi connectivity index (χ1n) is 13.7. The zero-order chi connectivity index (χ0) is 25.6. The molecule has 1 unspecified atom stereocenters. The molecule has 1 aromatic heterocycles. The van der Waals surface area contributed by atoms with E-state index in [9.17, 15) is 9.59 Å². The Hall–Kier alpha value is -2.48. The van der Waals surface area contributed by atoms with Crippen molar-refractivity contribution in [3.05, 3.63) is 47.3 Å². The summed E-state index contributed by atoms with van der Waals surface area (Å²) in [6.45, 7) is 5.01. The number of carbonyl (C=O) groups excluding carboxylic acids is 2. The minimum absolute atomic E-state index is 0.0481. The normalized spacial score (nSPS) is 30.4. The number of hydrogen-bond donors (Lipinski definition) is 0. The first-order valence-corrected chi connectivity index (χ1v) is 14.5. The van der Waals surface area contributed by atoms with Crippen molar-refractivity contribution in [3.63, 3.8) is 0 Å². The Balaban J connectivity index is 1.19. The van der Waals surface area contributed by atoms with Gasteiger partial charge in [-0.2, -0.15) is 4.98 Å². The van der Waals surface area contributed by atoms with E-state index in [0.717, 1.165) is 48.6 Å². The molecule has 1 aromatic carbocycles. The van der Waals surface area contributed by atoms with Gasteiger partial charge in [0.25, 0.3) is 0 Å². The fraction of sp³-hybridized carbons (Fsp3) is 0.586. The Labute approximate surface area is 226 Å². The predicted octanol–water partition coefficient (Wildman–Crippen LogP) is 5.78. The Morgan fingerprint density at radius 3 is 2.43 bits per heavy atom. The standard InChI is InChI=1S/C29H35BrN4O3/c1-2-10-33(28(36)29-15-19-12-20(16-29)14-21(13-19)17-29)18-25(35)34-11-4-3-5-24(34)27-31-26(32-37-27)22-6-8-23(30)9-7-22/h2,6-9,19-21,24H,1,3-5,10-18H2. The number of nitrogens with zero attached hydrogens (tertiary/aromatic N) is 4. The zero-order valence-corrected chi connectivity index (χ0v) is 22.9. The van der Waals surface area contributed by atoms with Gasteiger partial charge >= 0.3 is 0 Å². The fourth-order valence-corrected chi connectivity index (χ4v) is 8.18. The third kappa shape index (κ3) is 4.77. The molecule has 7 rings (SSSR count). The summed E-state index contributed by atoms with van der Waals surface area (Å²) >= 11 is 3.45. The van der Waals surface area contributed by atoms with Gasteiger partial charge in [0.2, 0.25) is 23.5 Å². The maximum absolute atomic E-state index is 14.0. The van der Waals surface area contributed by atoms with E-state index in [1.54, 1.807) is 11.0 Å². The Morgan fingerprint density at radius 2 is 1.78 bits per heavy atom. The van der Waals surface area contributed by atoms with Crippen LogP contribution in [0.3, 0.4) is 0 Å². The lowest BCUT2D eigenvalue weighted by molar-refractivity contribution is -0.160. The van der Waals surface area contributed by atoms with Gasteiger partial charge in [-0.15, -0.1) is 6.58 Å². The Morgan fingerprint density at radius 1 is 1.11 bits per heavy atom. The molecule has 196 valence electrons. The number of carbonyl (C=O) groups is 2. The molecule has 4 saturated carbocycles. The van der Waals surface area contributed by atoms with Crippen LogP contribution in [0, 0.1) is 23.2 Å². The van der Waals surface area contributed by atoms with Crippen molar-refractivity contribution in [2.75, 3.05) is 19.6 Å². The van der Waals surface area contributed by atoms with E-state index >= 15 is 0 Å². The summed E-state index contributed by atoms with van der Waals surface area (Å²) in [4.78, 5) is 36.0. The average molecular weight is 568 g/mol. The molecule has 37 heavy (non-hydrogen) atoms. The second-order valence-electron chi connectivity index (χ2n) is 11.7. The molecule has 5 aliphatic rings. The van der Waals surface area contributed by atoms with Gasteiger partial charge in [-0.3, -0.25) is 9.59 Å². The number of aromatic nitrogens is 2. The van der Waals surface area contributed by atoms with Crippen molar-refractivity contribution < 1.29 is 14.1 Å². The lowest BCUT2D eigenvalue weighted by atomic mass is 9.49. The molecule has 7 nitrogen and oxygen atoms in total.